The predicted octanol–water partition coefficient (Wildman–Crippen LogP) is 3.44. The van der Waals surface area contributed by atoms with Crippen molar-refractivity contribution in [3.05, 3.63) is 35.9 Å². The molecule has 0 bridgehead atoms. The molecule has 2 heterocycles. The Bertz CT molecular complexity index is 602. The second-order valence-electron chi connectivity index (χ2n) is 8.23. The lowest BCUT2D eigenvalue weighted by molar-refractivity contribution is 0.0420. The van der Waals surface area contributed by atoms with Crippen molar-refractivity contribution >= 4 is 29.9 Å². The first kappa shape index (κ1) is 25.4. The van der Waals surface area contributed by atoms with Gasteiger partial charge >= 0.3 is 0 Å². The van der Waals surface area contributed by atoms with Gasteiger partial charge in [-0.2, -0.15) is 0 Å². The van der Waals surface area contributed by atoms with Crippen LogP contribution in [0.2, 0.25) is 0 Å². The van der Waals surface area contributed by atoms with Gasteiger partial charge in [-0.15, -0.1) is 24.0 Å². The third kappa shape index (κ3) is 8.32. The van der Waals surface area contributed by atoms with E-state index in [2.05, 4.69) is 57.8 Å². The predicted molar refractivity (Wildman–Crippen MR) is 134 cm³/mol. The maximum absolute atomic E-state index is 5.83. The number of piperidine rings is 1. The molecule has 0 amide bonds. The topological polar surface area (TPSA) is 58.1 Å². The van der Waals surface area contributed by atoms with E-state index in [1.165, 1.54) is 18.4 Å². The van der Waals surface area contributed by atoms with Crippen LogP contribution in [0.1, 0.15) is 44.2 Å². The van der Waals surface area contributed by atoms with Gasteiger partial charge in [0.05, 0.1) is 18.8 Å². The second kappa shape index (κ2) is 14.2. The van der Waals surface area contributed by atoms with Crippen LogP contribution in [0.4, 0.5) is 0 Å². The van der Waals surface area contributed by atoms with E-state index in [0.717, 1.165) is 70.7 Å². The minimum atomic E-state index is 0. The van der Waals surface area contributed by atoms with Gasteiger partial charge in [-0.3, -0.25) is 9.89 Å². The van der Waals surface area contributed by atoms with E-state index >= 15 is 0 Å². The molecule has 1 aromatic rings. The van der Waals surface area contributed by atoms with Crippen molar-refractivity contribution in [1.29, 1.82) is 0 Å². The lowest BCUT2D eigenvalue weighted by Crippen LogP contribution is -2.45. The summed E-state index contributed by atoms with van der Waals surface area (Å²) in [6.45, 7) is 8.73. The lowest BCUT2D eigenvalue weighted by Gasteiger charge is -2.37. The van der Waals surface area contributed by atoms with Crippen LogP contribution in [-0.4, -0.2) is 70.0 Å². The Morgan fingerprint density at radius 1 is 1.20 bits per heavy atom. The molecule has 0 radical (unpaired) electrons. The molecule has 7 heteroatoms. The van der Waals surface area contributed by atoms with Gasteiger partial charge < -0.3 is 20.1 Å². The minimum absolute atomic E-state index is 0. The molecule has 2 fully saturated rings. The van der Waals surface area contributed by atoms with Gasteiger partial charge in [-0.05, 0) is 50.3 Å². The normalized spacial score (nSPS) is 21.8. The molecular weight excluding hydrogens is 491 g/mol. The summed E-state index contributed by atoms with van der Waals surface area (Å²) in [6.07, 6.45) is 4.83. The number of hydrogen-bond acceptors (Lipinski definition) is 4. The molecule has 0 spiro atoms. The molecule has 2 aliphatic heterocycles. The Morgan fingerprint density at radius 2 is 1.97 bits per heavy atom. The van der Waals surface area contributed by atoms with Gasteiger partial charge in [0.1, 0.15) is 0 Å². The lowest BCUT2D eigenvalue weighted by atomic mass is 9.95. The number of guanidine groups is 1. The SMILES string of the molecule is CN=C(NCCCOC1CCOC1)NCC(c1ccccc1)N1CCC(C)CC1.I. The van der Waals surface area contributed by atoms with Crippen molar-refractivity contribution in [2.75, 3.05) is 53.0 Å². The van der Waals surface area contributed by atoms with Gasteiger partial charge in [0, 0.05) is 33.4 Å². The highest BCUT2D eigenvalue weighted by molar-refractivity contribution is 14.0. The summed E-state index contributed by atoms with van der Waals surface area (Å²) in [6, 6.07) is 11.2. The van der Waals surface area contributed by atoms with E-state index in [1.54, 1.807) is 0 Å². The fourth-order valence-corrected chi connectivity index (χ4v) is 4.06. The highest BCUT2D eigenvalue weighted by atomic mass is 127. The summed E-state index contributed by atoms with van der Waals surface area (Å²) in [5.74, 6) is 1.70. The van der Waals surface area contributed by atoms with Crippen molar-refractivity contribution < 1.29 is 9.47 Å². The van der Waals surface area contributed by atoms with Crippen LogP contribution in [0.25, 0.3) is 0 Å². The van der Waals surface area contributed by atoms with E-state index in [0.29, 0.717) is 6.04 Å². The Hall–Kier alpha value is -0.900. The maximum atomic E-state index is 5.83. The molecule has 2 saturated heterocycles. The van der Waals surface area contributed by atoms with Crippen LogP contribution in [0.3, 0.4) is 0 Å². The number of aliphatic imine (C=N–C) groups is 1. The molecule has 1 aromatic carbocycles. The Labute approximate surface area is 199 Å². The monoisotopic (exact) mass is 530 g/mol. The van der Waals surface area contributed by atoms with Crippen molar-refractivity contribution in [3.8, 4) is 0 Å². The van der Waals surface area contributed by atoms with E-state index in [-0.39, 0.29) is 30.1 Å². The number of ether oxygens (including phenoxy) is 2. The van der Waals surface area contributed by atoms with Crippen LogP contribution in [0, 0.1) is 5.92 Å². The van der Waals surface area contributed by atoms with Gasteiger partial charge in [-0.1, -0.05) is 37.3 Å². The Balaban J connectivity index is 0.00000320. The second-order valence-corrected chi connectivity index (χ2v) is 8.23. The Kier molecular flexibility index (Phi) is 12.0. The van der Waals surface area contributed by atoms with Crippen LogP contribution >= 0.6 is 24.0 Å². The average molecular weight is 530 g/mol. The smallest absolute Gasteiger partial charge is 0.191 e. The minimum Gasteiger partial charge on any atom is -0.379 e. The molecule has 2 N–H and O–H groups in total. The van der Waals surface area contributed by atoms with E-state index in [4.69, 9.17) is 9.47 Å². The first-order valence-corrected chi connectivity index (χ1v) is 11.2. The number of nitrogens with one attached hydrogen (secondary N) is 2. The molecule has 0 aliphatic carbocycles. The number of rotatable bonds is 9. The molecule has 2 atom stereocenters. The molecule has 170 valence electrons. The molecule has 0 aromatic heterocycles. The number of benzene rings is 1. The quantitative estimate of drug-likeness (QED) is 0.222. The molecule has 6 nitrogen and oxygen atoms in total. The number of likely N-dealkylation sites (tertiary alicyclic amines) is 1. The zero-order chi connectivity index (χ0) is 20.3. The zero-order valence-corrected chi connectivity index (χ0v) is 20.8. The summed E-state index contributed by atoms with van der Waals surface area (Å²) < 4.78 is 11.2. The maximum Gasteiger partial charge on any atom is 0.191 e. The van der Waals surface area contributed by atoms with E-state index < -0.39 is 0 Å². The number of hydrogen-bond donors (Lipinski definition) is 2. The first-order valence-electron chi connectivity index (χ1n) is 11.2. The molecule has 30 heavy (non-hydrogen) atoms. The highest BCUT2D eigenvalue weighted by Crippen LogP contribution is 2.26. The van der Waals surface area contributed by atoms with E-state index in [9.17, 15) is 0 Å². The molecule has 3 rings (SSSR count). The van der Waals surface area contributed by atoms with Crippen molar-refractivity contribution in [2.24, 2.45) is 10.9 Å². The van der Waals surface area contributed by atoms with Crippen LogP contribution in [0.5, 0.6) is 0 Å². The van der Waals surface area contributed by atoms with Crippen LogP contribution in [0.15, 0.2) is 35.3 Å². The fraction of sp³-hybridized carbons (Fsp3) is 0.696. The third-order valence-corrected chi connectivity index (χ3v) is 5.98. The first-order chi connectivity index (χ1) is 14.3. The van der Waals surface area contributed by atoms with Gasteiger partial charge in [0.2, 0.25) is 0 Å². The van der Waals surface area contributed by atoms with Gasteiger partial charge in [0.15, 0.2) is 5.96 Å². The van der Waals surface area contributed by atoms with Gasteiger partial charge in [0.25, 0.3) is 0 Å². The van der Waals surface area contributed by atoms with Crippen molar-refractivity contribution in [3.63, 3.8) is 0 Å². The van der Waals surface area contributed by atoms with E-state index in [1.807, 2.05) is 7.05 Å². The molecule has 2 unspecified atom stereocenters. The summed E-state index contributed by atoms with van der Waals surface area (Å²) in [5.41, 5.74) is 1.37. The molecular formula is C23H39IN4O2. The Morgan fingerprint density at radius 3 is 2.63 bits per heavy atom. The standard InChI is InChI=1S/C23H38N4O2.HI/c1-19-9-13-27(14-10-19)22(20-7-4-3-5-8-20)17-26-23(24-2)25-12-6-15-29-21-11-16-28-18-21;/h3-5,7-8,19,21-22H,6,9-18H2,1-2H3,(H2,24,25,26);1H. The number of nitrogens with zero attached hydrogens (tertiary/aromatic N) is 2. The largest absolute Gasteiger partial charge is 0.379 e. The highest BCUT2D eigenvalue weighted by Gasteiger charge is 2.24. The molecule has 0 saturated carbocycles. The summed E-state index contributed by atoms with van der Waals surface area (Å²) in [7, 11) is 1.84. The summed E-state index contributed by atoms with van der Waals surface area (Å²) in [4.78, 5) is 7.02. The average Bonchev–Trinajstić information content (AvgIpc) is 3.27. The molecule has 2 aliphatic rings. The third-order valence-electron chi connectivity index (χ3n) is 5.98. The number of halogens is 1. The van der Waals surface area contributed by atoms with Crippen LogP contribution < -0.4 is 10.6 Å². The fourth-order valence-electron chi connectivity index (χ4n) is 4.06. The zero-order valence-electron chi connectivity index (χ0n) is 18.5. The summed E-state index contributed by atoms with van der Waals surface area (Å²) >= 11 is 0. The van der Waals surface area contributed by atoms with Crippen LogP contribution in [-0.2, 0) is 9.47 Å². The van der Waals surface area contributed by atoms with Crippen molar-refractivity contribution in [2.45, 2.75) is 44.8 Å². The summed E-state index contributed by atoms with van der Waals surface area (Å²) in [5, 5.41) is 6.97. The van der Waals surface area contributed by atoms with Crippen molar-refractivity contribution in [1.82, 2.24) is 15.5 Å². The van der Waals surface area contributed by atoms with Gasteiger partial charge in [-0.25, -0.2) is 0 Å².